The lowest BCUT2D eigenvalue weighted by atomic mass is 9.96. The average molecular weight is 290 g/mol. The van der Waals surface area contributed by atoms with E-state index >= 15 is 0 Å². The smallest absolute Gasteiger partial charge is 0.225 e. The van der Waals surface area contributed by atoms with Crippen molar-refractivity contribution in [3.05, 3.63) is 0 Å². The van der Waals surface area contributed by atoms with E-state index in [1.165, 1.54) is 19.3 Å². The zero-order valence-corrected chi connectivity index (χ0v) is 12.3. The first-order chi connectivity index (χ1) is 7.57. The van der Waals surface area contributed by atoms with Crippen molar-refractivity contribution in [1.29, 1.82) is 0 Å². The van der Waals surface area contributed by atoms with Gasteiger partial charge >= 0.3 is 0 Å². The molecular formula is C13H24BrNO. The summed E-state index contributed by atoms with van der Waals surface area (Å²) in [7, 11) is 0. The minimum absolute atomic E-state index is 0.152. The van der Waals surface area contributed by atoms with Crippen LogP contribution in [0.25, 0.3) is 0 Å². The Hall–Kier alpha value is -0.0500. The van der Waals surface area contributed by atoms with Gasteiger partial charge in [0.05, 0.1) is 0 Å². The summed E-state index contributed by atoms with van der Waals surface area (Å²) >= 11 is 3.55. The first-order valence-electron chi connectivity index (χ1n) is 6.44. The van der Waals surface area contributed by atoms with Gasteiger partial charge in [-0.2, -0.15) is 0 Å². The molecule has 16 heavy (non-hydrogen) atoms. The maximum atomic E-state index is 12.4. The van der Waals surface area contributed by atoms with Gasteiger partial charge in [-0.1, -0.05) is 49.5 Å². The van der Waals surface area contributed by atoms with E-state index in [0.29, 0.717) is 17.9 Å². The molecule has 0 bridgehead atoms. The van der Waals surface area contributed by atoms with Crippen LogP contribution in [0.1, 0.15) is 46.5 Å². The van der Waals surface area contributed by atoms with Crippen LogP contribution >= 0.6 is 15.9 Å². The SMILES string of the molecule is CC(C)C(C)C(=O)N1CCCCCC1CBr. The Bertz CT molecular complexity index is 230. The summed E-state index contributed by atoms with van der Waals surface area (Å²) in [4.78, 5) is 14.5. The number of amides is 1. The molecule has 2 unspecified atom stereocenters. The zero-order chi connectivity index (χ0) is 12.1. The number of carbonyl (C=O) groups excluding carboxylic acids is 1. The van der Waals surface area contributed by atoms with E-state index in [0.717, 1.165) is 18.3 Å². The molecule has 3 heteroatoms. The van der Waals surface area contributed by atoms with Crippen molar-refractivity contribution in [3.8, 4) is 0 Å². The fourth-order valence-electron chi connectivity index (χ4n) is 2.17. The van der Waals surface area contributed by atoms with Crippen LogP contribution in [0.15, 0.2) is 0 Å². The number of alkyl halides is 1. The van der Waals surface area contributed by atoms with Gasteiger partial charge in [-0.3, -0.25) is 4.79 Å². The number of halogens is 1. The molecule has 0 aromatic heterocycles. The van der Waals surface area contributed by atoms with E-state index in [1.807, 2.05) is 0 Å². The Morgan fingerprint density at radius 3 is 2.56 bits per heavy atom. The van der Waals surface area contributed by atoms with Crippen LogP contribution in [0.3, 0.4) is 0 Å². The van der Waals surface area contributed by atoms with Crippen LogP contribution < -0.4 is 0 Å². The summed E-state index contributed by atoms with van der Waals surface area (Å²) in [5.41, 5.74) is 0. The van der Waals surface area contributed by atoms with Crippen molar-refractivity contribution in [1.82, 2.24) is 4.90 Å². The van der Waals surface area contributed by atoms with Crippen molar-refractivity contribution in [2.24, 2.45) is 11.8 Å². The lowest BCUT2D eigenvalue weighted by Gasteiger charge is -2.32. The summed E-state index contributed by atoms with van der Waals surface area (Å²) in [6, 6.07) is 0.413. The minimum Gasteiger partial charge on any atom is -0.339 e. The van der Waals surface area contributed by atoms with Crippen LogP contribution in [0.2, 0.25) is 0 Å². The first-order valence-corrected chi connectivity index (χ1v) is 7.56. The maximum absolute atomic E-state index is 12.4. The van der Waals surface area contributed by atoms with E-state index in [9.17, 15) is 4.79 Å². The van der Waals surface area contributed by atoms with E-state index in [2.05, 4.69) is 41.6 Å². The molecule has 2 nitrogen and oxygen atoms in total. The number of nitrogens with zero attached hydrogens (tertiary/aromatic N) is 1. The van der Waals surface area contributed by atoms with E-state index in [-0.39, 0.29) is 5.92 Å². The Morgan fingerprint density at radius 1 is 1.31 bits per heavy atom. The molecule has 2 atom stereocenters. The summed E-state index contributed by atoms with van der Waals surface area (Å²) < 4.78 is 0. The van der Waals surface area contributed by atoms with Gasteiger partial charge in [-0.05, 0) is 18.8 Å². The summed E-state index contributed by atoms with van der Waals surface area (Å²) in [6.07, 6.45) is 4.85. The molecule has 0 saturated carbocycles. The van der Waals surface area contributed by atoms with Crippen molar-refractivity contribution >= 4 is 21.8 Å². The number of rotatable bonds is 3. The van der Waals surface area contributed by atoms with Crippen molar-refractivity contribution in [3.63, 3.8) is 0 Å². The van der Waals surface area contributed by atoms with Gasteiger partial charge in [0.25, 0.3) is 0 Å². The summed E-state index contributed by atoms with van der Waals surface area (Å²) in [6.45, 7) is 7.27. The molecule has 1 heterocycles. The molecule has 1 aliphatic rings. The molecule has 94 valence electrons. The third-order valence-electron chi connectivity index (χ3n) is 3.73. The monoisotopic (exact) mass is 289 g/mol. The molecule has 1 amide bonds. The first kappa shape index (κ1) is 14.0. The lowest BCUT2D eigenvalue weighted by Crippen LogP contribution is -2.44. The van der Waals surface area contributed by atoms with Crippen molar-refractivity contribution in [2.75, 3.05) is 11.9 Å². The molecule has 0 N–H and O–H groups in total. The van der Waals surface area contributed by atoms with Crippen LogP contribution in [0.4, 0.5) is 0 Å². The van der Waals surface area contributed by atoms with E-state index in [1.54, 1.807) is 0 Å². The van der Waals surface area contributed by atoms with Crippen LogP contribution in [0.5, 0.6) is 0 Å². The highest BCUT2D eigenvalue weighted by atomic mass is 79.9. The zero-order valence-electron chi connectivity index (χ0n) is 10.7. The lowest BCUT2D eigenvalue weighted by molar-refractivity contribution is -0.138. The predicted molar refractivity (Wildman–Crippen MR) is 71.8 cm³/mol. The Balaban J connectivity index is 2.69. The molecule has 1 rings (SSSR count). The number of hydrogen-bond acceptors (Lipinski definition) is 1. The second kappa shape index (κ2) is 6.63. The molecule has 1 aliphatic heterocycles. The fraction of sp³-hybridized carbons (Fsp3) is 0.923. The third kappa shape index (κ3) is 3.47. The molecule has 0 aliphatic carbocycles. The highest BCUT2D eigenvalue weighted by Gasteiger charge is 2.28. The van der Waals surface area contributed by atoms with E-state index < -0.39 is 0 Å². The average Bonchev–Trinajstić information content (AvgIpc) is 2.51. The van der Waals surface area contributed by atoms with Gasteiger partial charge < -0.3 is 4.90 Å². The molecule has 0 spiro atoms. The number of carbonyl (C=O) groups is 1. The number of likely N-dealkylation sites (tertiary alicyclic amines) is 1. The van der Waals surface area contributed by atoms with Crippen molar-refractivity contribution < 1.29 is 4.79 Å². The quantitative estimate of drug-likeness (QED) is 0.729. The fourth-order valence-corrected chi connectivity index (χ4v) is 2.85. The van der Waals surface area contributed by atoms with Crippen molar-refractivity contribution in [2.45, 2.75) is 52.5 Å². The minimum atomic E-state index is 0.152. The van der Waals surface area contributed by atoms with Gasteiger partial charge in [0, 0.05) is 23.8 Å². The topological polar surface area (TPSA) is 20.3 Å². The predicted octanol–water partition coefficient (Wildman–Crippen LogP) is 3.44. The Labute approximate surface area is 108 Å². The molecule has 1 saturated heterocycles. The maximum Gasteiger partial charge on any atom is 0.225 e. The molecule has 0 aromatic carbocycles. The largest absolute Gasteiger partial charge is 0.339 e. The van der Waals surface area contributed by atoms with Crippen LogP contribution in [0, 0.1) is 11.8 Å². The second-order valence-corrected chi connectivity index (χ2v) is 5.87. The van der Waals surface area contributed by atoms with Crippen LogP contribution in [-0.4, -0.2) is 28.7 Å². The van der Waals surface area contributed by atoms with E-state index in [4.69, 9.17) is 0 Å². The summed E-state index contributed by atoms with van der Waals surface area (Å²) in [5, 5.41) is 0.920. The highest BCUT2D eigenvalue weighted by Crippen LogP contribution is 2.22. The molecular weight excluding hydrogens is 266 g/mol. The van der Waals surface area contributed by atoms with Gasteiger partial charge in [0.2, 0.25) is 5.91 Å². The van der Waals surface area contributed by atoms with Gasteiger partial charge in [-0.25, -0.2) is 0 Å². The number of hydrogen-bond donors (Lipinski definition) is 0. The standard InChI is InChI=1S/C13H24BrNO/c1-10(2)11(3)13(16)15-8-6-4-5-7-12(15)9-14/h10-12H,4-9H2,1-3H3. The Kier molecular flexibility index (Phi) is 5.81. The van der Waals surface area contributed by atoms with Gasteiger partial charge in [-0.15, -0.1) is 0 Å². The third-order valence-corrected chi connectivity index (χ3v) is 4.48. The Morgan fingerprint density at radius 2 is 2.00 bits per heavy atom. The normalized spacial score (nSPS) is 24.3. The second-order valence-electron chi connectivity index (χ2n) is 5.22. The molecule has 1 fully saturated rings. The van der Waals surface area contributed by atoms with Gasteiger partial charge in [0.15, 0.2) is 0 Å². The molecule has 0 aromatic rings. The highest BCUT2D eigenvalue weighted by molar-refractivity contribution is 9.09. The van der Waals surface area contributed by atoms with Gasteiger partial charge in [0.1, 0.15) is 0 Å². The molecule has 0 radical (unpaired) electrons. The van der Waals surface area contributed by atoms with Crippen LogP contribution in [-0.2, 0) is 4.79 Å². The summed E-state index contributed by atoms with van der Waals surface area (Å²) in [5.74, 6) is 0.938.